The lowest BCUT2D eigenvalue weighted by molar-refractivity contribution is -0.0288. The molecule has 0 amide bonds. The van der Waals surface area contributed by atoms with E-state index in [9.17, 15) is 0 Å². The maximum atomic E-state index is 5.64. The van der Waals surface area contributed by atoms with Gasteiger partial charge >= 0.3 is 0 Å². The van der Waals surface area contributed by atoms with Crippen molar-refractivity contribution in [3.63, 3.8) is 0 Å². The summed E-state index contributed by atoms with van der Waals surface area (Å²) >= 11 is 5.41. The van der Waals surface area contributed by atoms with Gasteiger partial charge in [-0.1, -0.05) is 6.92 Å². The number of hydrogen-bond acceptors (Lipinski definition) is 2. The van der Waals surface area contributed by atoms with Gasteiger partial charge in [-0.2, -0.15) is 0 Å². The molecule has 15 heavy (non-hydrogen) atoms. The molecule has 4 heteroatoms. The second-order valence-electron chi connectivity index (χ2n) is 4.46. The minimum Gasteiger partial charge on any atom is -0.375 e. The number of thiocarbonyl (C=S) groups is 1. The van der Waals surface area contributed by atoms with Crippen molar-refractivity contribution in [2.45, 2.75) is 52.3 Å². The number of ether oxygens (including phenoxy) is 1. The zero-order valence-corrected chi connectivity index (χ0v) is 10.9. The van der Waals surface area contributed by atoms with Crippen LogP contribution < -0.4 is 5.32 Å². The lowest BCUT2D eigenvalue weighted by Crippen LogP contribution is -2.55. The fourth-order valence-electron chi connectivity index (χ4n) is 1.76. The summed E-state index contributed by atoms with van der Waals surface area (Å²) in [4.78, 5) is 2.27. The SMILES string of the molecule is CCC1COC(C)CN1C(=S)NC(C)C. The summed E-state index contributed by atoms with van der Waals surface area (Å²) in [6.07, 6.45) is 1.35. The molecule has 1 aliphatic heterocycles. The summed E-state index contributed by atoms with van der Waals surface area (Å²) in [5, 5.41) is 4.17. The molecule has 0 bridgehead atoms. The summed E-state index contributed by atoms with van der Waals surface area (Å²) in [6.45, 7) is 10.2. The van der Waals surface area contributed by atoms with Gasteiger partial charge < -0.3 is 15.0 Å². The molecule has 1 rings (SSSR count). The van der Waals surface area contributed by atoms with Crippen molar-refractivity contribution in [2.75, 3.05) is 13.2 Å². The Labute approximate surface area is 98.2 Å². The Morgan fingerprint density at radius 1 is 1.60 bits per heavy atom. The highest BCUT2D eigenvalue weighted by Crippen LogP contribution is 2.14. The minimum absolute atomic E-state index is 0.278. The molecule has 1 N–H and O–H groups in total. The lowest BCUT2D eigenvalue weighted by Gasteiger charge is -2.40. The van der Waals surface area contributed by atoms with E-state index >= 15 is 0 Å². The number of nitrogens with zero attached hydrogens (tertiary/aromatic N) is 1. The van der Waals surface area contributed by atoms with E-state index in [1.807, 2.05) is 0 Å². The molecule has 0 aromatic carbocycles. The van der Waals surface area contributed by atoms with Crippen LogP contribution in [-0.2, 0) is 4.74 Å². The zero-order chi connectivity index (χ0) is 11.4. The van der Waals surface area contributed by atoms with Crippen LogP contribution in [0.1, 0.15) is 34.1 Å². The third-order valence-corrected chi connectivity index (χ3v) is 2.96. The Hall–Kier alpha value is -0.350. The minimum atomic E-state index is 0.278. The lowest BCUT2D eigenvalue weighted by atomic mass is 10.1. The third kappa shape index (κ3) is 3.61. The number of rotatable bonds is 2. The molecule has 1 aliphatic rings. The van der Waals surface area contributed by atoms with Gasteiger partial charge in [-0.25, -0.2) is 0 Å². The number of hydrogen-bond donors (Lipinski definition) is 1. The molecule has 1 fully saturated rings. The van der Waals surface area contributed by atoms with Crippen LogP contribution in [0.3, 0.4) is 0 Å². The Morgan fingerprint density at radius 2 is 2.27 bits per heavy atom. The van der Waals surface area contributed by atoms with Gasteiger partial charge in [0.25, 0.3) is 0 Å². The summed E-state index contributed by atoms with van der Waals surface area (Å²) in [6, 6.07) is 0.827. The van der Waals surface area contributed by atoms with Crippen LogP contribution in [0.4, 0.5) is 0 Å². The molecule has 2 unspecified atom stereocenters. The van der Waals surface area contributed by atoms with Gasteiger partial charge in [0.2, 0.25) is 0 Å². The van der Waals surface area contributed by atoms with Crippen LogP contribution in [0.5, 0.6) is 0 Å². The Balaban J connectivity index is 2.58. The fourth-order valence-corrected chi connectivity index (χ4v) is 2.22. The summed E-state index contributed by atoms with van der Waals surface area (Å²) < 4.78 is 5.64. The average molecular weight is 230 g/mol. The highest BCUT2D eigenvalue weighted by molar-refractivity contribution is 7.80. The molecule has 3 nitrogen and oxygen atoms in total. The predicted octanol–water partition coefficient (Wildman–Crippen LogP) is 1.77. The van der Waals surface area contributed by atoms with Gasteiger partial charge in [-0.3, -0.25) is 0 Å². The van der Waals surface area contributed by atoms with E-state index in [2.05, 4.69) is 37.9 Å². The maximum absolute atomic E-state index is 5.64. The quantitative estimate of drug-likeness (QED) is 0.731. The smallest absolute Gasteiger partial charge is 0.169 e. The predicted molar refractivity (Wildman–Crippen MR) is 67.1 cm³/mol. The molecular weight excluding hydrogens is 208 g/mol. The largest absolute Gasteiger partial charge is 0.375 e. The van der Waals surface area contributed by atoms with Crippen LogP contribution in [0.15, 0.2) is 0 Å². The summed E-state index contributed by atoms with van der Waals surface area (Å²) in [5.74, 6) is 0. The molecule has 0 aliphatic carbocycles. The van der Waals surface area contributed by atoms with E-state index < -0.39 is 0 Å². The van der Waals surface area contributed by atoms with Crippen molar-refractivity contribution in [1.29, 1.82) is 0 Å². The molecule has 1 saturated heterocycles. The standard InChI is InChI=1S/C11H22N2OS/c1-5-10-7-14-9(4)6-13(10)11(15)12-8(2)3/h8-10H,5-7H2,1-4H3,(H,12,15). The van der Waals surface area contributed by atoms with Crippen molar-refractivity contribution < 1.29 is 4.74 Å². The topological polar surface area (TPSA) is 24.5 Å². The molecule has 0 radical (unpaired) electrons. The first-order valence-electron chi connectivity index (χ1n) is 5.73. The highest BCUT2D eigenvalue weighted by atomic mass is 32.1. The van der Waals surface area contributed by atoms with Gasteiger partial charge in [0, 0.05) is 12.6 Å². The first kappa shape index (κ1) is 12.7. The summed E-state index contributed by atoms with van der Waals surface area (Å²) in [5.41, 5.74) is 0. The molecule has 2 atom stereocenters. The third-order valence-electron chi connectivity index (χ3n) is 2.61. The van der Waals surface area contributed by atoms with Crippen LogP contribution >= 0.6 is 12.2 Å². The zero-order valence-electron chi connectivity index (χ0n) is 10.1. The second-order valence-corrected chi connectivity index (χ2v) is 4.85. The Morgan fingerprint density at radius 3 is 2.80 bits per heavy atom. The van der Waals surface area contributed by atoms with E-state index in [0.717, 1.165) is 24.7 Å². The van der Waals surface area contributed by atoms with Crippen molar-refractivity contribution in [1.82, 2.24) is 10.2 Å². The molecule has 88 valence electrons. The average Bonchev–Trinajstić information content (AvgIpc) is 2.16. The monoisotopic (exact) mass is 230 g/mol. The van der Waals surface area contributed by atoms with Crippen molar-refractivity contribution in [3.05, 3.63) is 0 Å². The van der Waals surface area contributed by atoms with E-state index in [4.69, 9.17) is 17.0 Å². The molecule has 0 aromatic heterocycles. The molecule has 1 heterocycles. The Bertz CT molecular complexity index is 221. The van der Waals surface area contributed by atoms with Crippen molar-refractivity contribution in [3.8, 4) is 0 Å². The second kappa shape index (κ2) is 5.66. The van der Waals surface area contributed by atoms with Crippen LogP contribution in [0.25, 0.3) is 0 Å². The molecular formula is C11H22N2OS. The van der Waals surface area contributed by atoms with Crippen LogP contribution in [0.2, 0.25) is 0 Å². The van der Waals surface area contributed by atoms with Crippen LogP contribution in [-0.4, -0.2) is 41.4 Å². The van der Waals surface area contributed by atoms with E-state index in [0.29, 0.717) is 12.1 Å². The first-order valence-corrected chi connectivity index (χ1v) is 6.14. The van der Waals surface area contributed by atoms with E-state index in [1.165, 1.54) is 0 Å². The number of morpholine rings is 1. The normalized spacial score (nSPS) is 26.9. The fraction of sp³-hybridized carbons (Fsp3) is 0.909. The van der Waals surface area contributed by atoms with Gasteiger partial charge in [0.1, 0.15) is 0 Å². The van der Waals surface area contributed by atoms with Gasteiger partial charge in [-0.05, 0) is 39.4 Å². The molecule has 0 spiro atoms. The van der Waals surface area contributed by atoms with Gasteiger partial charge in [-0.15, -0.1) is 0 Å². The van der Waals surface area contributed by atoms with Crippen molar-refractivity contribution >= 4 is 17.3 Å². The number of nitrogens with one attached hydrogen (secondary N) is 1. The first-order chi connectivity index (χ1) is 7.04. The summed E-state index contributed by atoms with van der Waals surface area (Å²) in [7, 11) is 0. The van der Waals surface area contributed by atoms with E-state index in [-0.39, 0.29) is 6.10 Å². The molecule has 0 saturated carbocycles. The van der Waals surface area contributed by atoms with Gasteiger partial charge in [0.05, 0.1) is 18.8 Å². The van der Waals surface area contributed by atoms with E-state index in [1.54, 1.807) is 0 Å². The highest BCUT2D eigenvalue weighted by Gasteiger charge is 2.27. The maximum Gasteiger partial charge on any atom is 0.169 e. The van der Waals surface area contributed by atoms with Crippen molar-refractivity contribution in [2.24, 2.45) is 0 Å². The Kier molecular flexibility index (Phi) is 4.80. The molecule has 0 aromatic rings. The van der Waals surface area contributed by atoms with Crippen LogP contribution in [0, 0.1) is 0 Å². The van der Waals surface area contributed by atoms with Gasteiger partial charge in [0.15, 0.2) is 5.11 Å².